The van der Waals surface area contributed by atoms with Crippen LogP contribution in [0.4, 0.5) is 0 Å². The molecule has 2 amide bonds. The Morgan fingerprint density at radius 3 is 2.40 bits per heavy atom. The molecular formula is C30H33N5O5. The van der Waals surface area contributed by atoms with Crippen molar-refractivity contribution in [1.82, 2.24) is 25.8 Å². The summed E-state index contributed by atoms with van der Waals surface area (Å²) in [5, 5.41) is 12.8. The molecule has 0 radical (unpaired) electrons. The van der Waals surface area contributed by atoms with Crippen LogP contribution in [0.5, 0.6) is 0 Å². The molecule has 2 heterocycles. The number of oxazole rings is 1. The first-order valence-electron chi connectivity index (χ1n) is 13.4. The normalized spacial score (nSPS) is 11.7. The summed E-state index contributed by atoms with van der Waals surface area (Å²) in [4.78, 5) is 42.3. The monoisotopic (exact) mass is 543 g/mol. The van der Waals surface area contributed by atoms with Crippen LogP contribution in [0, 0.1) is 0 Å². The first kappa shape index (κ1) is 28.3. The second kappa shape index (κ2) is 13.4. The Balaban J connectivity index is 1.47. The smallest absolute Gasteiger partial charge is 0.328 e. The Morgan fingerprint density at radius 1 is 0.925 bits per heavy atom. The highest BCUT2D eigenvalue weighted by Gasteiger charge is 2.25. The van der Waals surface area contributed by atoms with Gasteiger partial charge in [-0.2, -0.15) is 5.10 Å². The fourth-order valence-electron chi connectivity index (χ4n) is 4.18. The lowest BCUT2D eigenvalue weighted by molar-refractivity contribution is -0.145. The molecule has 0 unspecified atom stereocenters. The third-order valence-electron chi connectivity index (χ3n) is 6.44. The predicted octanol–water partition coefficient (Wildman–Crippen LogP) is 4.55. The Hall–Kier alpha value is -4.73. The van der Waals surface area contributed by atoms with Crippen LogP contribution >= 0.6 is 0 Å². The number of aromatic nitrogens is 3. The van der Waals surface area contributed by atoms with Crippen molar-refractivity contribution in [1.29, 1.82) is 0 Å². The van der Waals surface area contributed by atoms with E-state index < -0.39 is 17.9 Å². The summed E-state index contributed by atoms with van der Waals surface area (Å²) in [6.07, 6.45) is 3.28. The average Bonchev–Trinajstić information content (AvgIpc) is 3.67. The Bertz CT molecular complexity index is 1440. The molecule has 2 aromatic heterocycles. The molecule has 4 aromatic rings. The SMILES string of the molecule is CCOC(=O)[C@H](Cc1ccccc1)NC(=O)c1cnc(-c2cccc(-c3cc(C(=O)NC(CC)CC)[nH]n3)c2)o1. The van der Waals surface area contributed by atoms with Crippen molar-refractivity contribution in [2.45, 2.75) is 52.1 Å². The maximum absolute atomic E-state index is 13.0. The van der Waals surface area contributed by atoms with Crippen LogP contribution < -0.4 is 10.6 Å². The summed E-state index contributed by atoms with van der Waals surface area (Å²) >= 11 is 0. The summed E-state index contributed by atoms with van der Waals surface area (Å²) in [5.74, 6) is -1.13. The van der Waals surface area contributed by atoms with Gasteiger partial charge in [0.05, 0.1) is 18.5 Å². The van der Waals surface area contributed by atoms with E-state index in [9.17, 15) is 14.4 Å². The molecule has 10 nitrogen and oxygen atoms in total. The Labute approximate surface area is 232 Å². The number of hydrogen-bond donors (Lipinski definition) is 3. The van der Waals surface area contributed by atoms with Gasteiger partial charge in [0.1, 0.15) is 11.7 Å². The van der Waals surface area contributed by atoms with Crippen molar-refractivity contribution >= 4 is 17.8 Å². The summed E-state index contributed by atoms with van der Waals surface area (Å²) < 4.78 is 10.9. The van der Waals surface area contributed by atoms with Gasteiger partial charge < -0.3 is 19.8 Å². The summed E-state index contributed by atoms with van der Waals surface area (Å²) in [6, 6.07) is 17.5. The fraction of sp³-hybridized carbons (Fsp3) is 0.300. The van der Waals surface area contributed by atoms with E-state index in [1.165, 1.54) is 6.20 Å². The van der Waals surface area contributed by atoms with Gasteiger partial charge >= 0.3 is 5.97 Å². The van der Waals surface area contributed by atoms with Gasteiger partial charge in [-0.05, 0) is 43.5 Å². The topological polar surface area (TPSA) is 139 Å². The van der Waals surface area contributed by atoms with Crippen LogP contribution in [0.3, 0.4) is 0 Å². The first-order valence-corrected chi connectivity index (χ1v) is 13.4. The third kappa shape index (κ3) is 7.02. The number of amides is 2. The highest BCUT2D eigenvalue weighted by molar-refractivity contribution is 5.95. The van der Waals surface area contributed by atoms with Gasteiger partial charge in [0.15, 0.2) is 0 Å². The third-order valence-corrected chi connectivity index (χ3v) is 6.44. The highest BCUT2D eigenvalue weighted by atomic mass is 16.5. The summed E-state index contributed by atoms with van der Waals surface area (Å²) in [7, 11) is 0. The number of rotatable bonds is 12. The van der Waals surface area contributed by atoms with Gasteiger partial charge in [-0.25, -0.2) is 9.78 Å². The number of carbonyl (C=O) groups excluding carboxylic acids is 3. The molecule has 0 spiro atoms. The lowest BCUT2D eigenvalue weighted by Gasteiger charge is -2.16. The van der Waals surface area contributed by atoms with Crippen LogP contribution in [0.25, 0.3) is 22.7 Å². The molecule has 0 aliphatic heterocycles. The molecule has 3 N–H and O–H groups in total. The van der Waals surface area contributed by atoms with Gasteiger partial charge in [0, 0.05) is 23.6 Å². The minimum atomic E-state index is -0.886. The predicted molar refractivity (Wildman–Crippen MR) is 149 cm³/mol. The number of esters is 1. The lowest BCUT2D eigenvalue weighted by atomic mass is 10.1. The van der Waals surface area contributed by atoms with E-state index in [4.69, 9.17) is 9.15 Å². The van der Waals surface area contributed by atoms with E-state index in [0.717, 1.165) is 24.0 Å². The molecule has 0 saturated heterocycles. The molecule has 0 fully saturated rings. The van der Waals surface area contributed by atoms with Crippen molar-refractivity contribution < 1.29 is 23.5 Å². The molecule has 0 saturated carbocycles. The van der Waals surface area contributed by atoms with Crippen molar-refractivity contribution in [3.63, 3.8) is 0 Å². The second-order valence-corrected chi connectivity index (χ2v) is 9.23. The van der Waals surface area contributed by atoms with Gasteiger partial charge in [-0.15, -0.1) is 0 Å². The van der Waals surface area contributed by atoms with E-state index in [-0.39, 0.29) is 36.6 Å². The van der Waals surface area contributed by atoms with Crippen LogP contribution in [-0.4, -0.2) is 51.7 Å². The largest absolute Gasteiger partial charge is 0.464 e. The number of nitrogens with zero attached hydrogens (tertiary/aromatic N) is 2. The van der Waals surface area contributed by atoms with Crippen molar-refractivity contribution in [3.05, 3.63) is 83.9 Å². The number of nitrogens with one attached hydrogen (secondary N) is 3. The maximum Gasteiger partial charge on any atom is 0.328 e. The van der Waals surface area contributed by atoms with E-state index in [2.05, 4.69) is 25.8 Å². The molecular weight excluding hydrogens is 510 g/mol. The molecule has 40 heavy (non-hydrogen) atoms. The Kier molecular flexibility index (Phi) is 9.45. The minimum absolute atomic E-state index is 0.0390. The highest BCUT2D eigenvalue weighted by Crippen LogP contribution is 2.26. The lowest BCUT2D eigenvalue weighted by Crippen LogP contribution is -2.43. The van der Waals surface area contributed by atoms with Crippen LogP contribution in [0.2, 0.25) is 0 Å². The zero-order valence-corrected chi connectivity index (χ0v) is 22.8. The first-order chi connectivity index (χ1) is 19.4. The Morgan fingerprint density at radius 2 is 1.68 bits per heavy atom. The molecule has 0 bridgehead atoms. The van der Waals surface area contributed by atoms with Gasteiger partial charge in [0.2, 0.25) is 11.7 Å². The number of carbonyl (C=O) groups is 3. The number of aromatic amines is 1. The molecule has 4 rings (SSSR count). The zero-order valence-electron chi connectivity index (χ0n) is 22.8. The molecule has 208 valence electrons. The number of benzene rings is 2. The number of H-pyrrole nitrogens is 1. The van der Waals surface area contributed by atoms with Gasteiger partial charge in [0.25, 0.3) is 11.8 Å². The fourth-order valence-corrected chi connectivity index (χ4v) is 4.18. The maximum atomic E-state index is 13.0. The van der Waals surface area contributed by atoms with Crippen LogP contribution in [-0.2, 0) is 16.0 Å². The van der Waals surface area contributed by atoms with E-state index in [1.807, 2.05) is 62.4 Å². The average molecular weight is 544 g/mol. The zero-order chi connectivity index (χ0) is 28.5. The van der Waals surface area contributed by atoms with E-state index >= 15 is 0 Å². The second-order valence-electron chi connectivity index (χ2n) is 9.23. The van der Waals surface area contributed by atoms with Crippen molar-refractivity contribution in [2.75, 3.05) is 6.61 Å². The standard InChI is InChI=1S/C30H33N5O5/c1-4-22(5-2)32-27(36)24-17-23(34-35-24)20-13-10-14-21(16-20)29-31-18-26(40-29)28(37)33-25(30(38)39-6-3)15-19-11-8-7-9-12-19/h7-14,16-18,22,25H,4-6,15H2,1-3H3,(H,32,36)(H,33,37)(H,34,35)/t25-/m0/s1. The molecule has 2 aromatic carbocycles. The van der Waals surface area contributed by atoms with Gasteiger partial charge in [-0.3, -0.25) is 14.7 Å². The van der Waals surface area contributed by atoms with E-state index in [1.54, 1.807) is 19.1 Å². The quantitative estimate of drug-likeness (QED) is 0.223. The summed E-state index contributed by atoms with van der Waals surface area (Å²) in [6.45, 7) is 5.96. The molecule has 10 heteroatoms. The van der Waals surface area contributed by atoms with Crippen LogP contribution in [0.15, 0.2) is 71.3 Å². The van der Waals surface area contributed by atoms with Crippen molar-refractivity contribution in [3.8, 4) is 22.7 Å². The number of ether oxygens (including phenoxy) is 1. The molecule has 0 aliphatic rings. The number of hydrogen-bond acceptors (Lipinski definition) is 7. The molecule has 0 aliphatic carbocycles. The van der Waals surface area contributed by atoms with E-state index in [0.29, 0.717) is 17.0 Å². The minimum Gasteiger partial charge on any atom is -0.464 e. The van der Waals surface area contributed by atoms with Crippen molar-refractivity contribution in [2.24, 2.45) is 0 Å². The van der Waals surface area contributed by atoms with Gasteiger partial charge in [-0.1, -0.05) is 56.3 Å². The van der Waals surface area contributed by atoms with Crippen LogP contribution in [0.1, 0.15) is 60.2 Å². The molecule has 1 atom stereocenters. The summed E-state index contributed by atoms with van der Waals surface area (Å²) in [5.41, 5.74) is 3.19.